The number of nitrogens with one attached hydrogen (secondary N) is 1. The van der Waals surface area contributed by atoms with E-state index in [-0.39, 0.29) is 46.4 Å². The fourth-order valence-corrected chi connectivity index (χ4v) is 5.88. The first-order valence-electron chi connectivity index (χ1n) is 9.68. The van der Waals surface area contributed by atoms with Gasteiger partial charge in [0.25, 0.3) is 11.8 Å². The number of carbonyl (C=O) groups excluding carboxylic acids is 2. The van der Waals surface area contributed by atoms with Gasteiger partial charge in [0.1, 0.15) is 35.1 Å². The molecule has 0 aliphatic carbocycles. The number of tetrazole rings is 1. The van der Waals surface area contributed by atoms with E-state index in [9.17, 15) is 19.5 Å². The van der Waals surface area contributed by atoms with E-state index in [0.29, 0.717) is 16.5 Å². The van der Waals surface area contributed by atoms with Crippen LogP contribution in [0.1, 0.15) is 5.69 Å². The van der Waals surface area contributed by atoms with E-state index in [4.69, 9.17) is 22.2 Å². The number of aromatic nitrogens is 6. The summed E-state index contributed by atoms with van der Waals surface area (Å²) in [5.74, 6) is -2.18. The van der Waals surface area contributed by atoms with Gasteiger partial charge >= 0.3 is 5.97 Å². The number of hydrogen-bond donors (Lipinski definition) is 3. The normalized spacial score (nSPS) is 19.2. The van der Waals surface area contributed by atoms with Gasteiger partial charge in [-0.25, -0.2) is 19.4 Å². The van der Waals surface area contributed by atoms with Crippen molar-refractivity contribution in [3.05, 3.63) is 28.2 Å². The second kappa shape index (κ2) is 11.3. The molecule has 2 atom stereocenters. The number of oxime groups is 1. The van der Waals surface area contributed by atoms with Crippen molar-refractivity contribution in [2.75, 3.05) is 24.3 Å². The molecule has 192 valence electrons. The zero-order chi connectivity index (χ0) is 25.3. The molecule has 1 unspecified atom stereocenters. The van der Waals surface area contributed by atoms with Crippen molar-refractivity contribution in [1.82, 2.24) is 40.4 Å². The summed E-state index contributed by atoms with van der Waals surface area (Å²) in [6.45, 7) is 0. The van der Waals surface area contributed by atoms with Crippen molar-refractivity contribution in [3.8, 4) is 0 Å². The summed E-state index contributed by atoms with van der Waals surface area (Å²) in [7, 11) is 2.89. The number of nitrogens with zero attached hydrogens (tertiary/aromatic N) is 8. The molecular weight excluding hydrogens is 559 g/mol. The minimum Gasteiger partial charge on any atom is -0.477 e. The number of hydrogen-bond acceptors (Lipinski definition) is 13. The van der Waals surface area contributed by atoms with Crippen LogP contribution in [-0.4, -0.2) is 93.7 Å². The van der Waals surface area contributed by atoms with Crippen LogP contribution in [0.25, 0.3) is 0 Å². The highest BCUT2D eigenvalue weighted by Gasteiger charge is 2.54. The summed E-state index contributed by atoms with van der Waals surface area (Å²) < 4.78 is 1.46. The molecule has 19 heteroatoms. The van der Waals surface area contributed by atoms with E-state index in [1.165, 1.54) is 46.3 Å². The Kier molecular flexibility index (Phi) is 8.59. The van der Waals surface area contributed by atoms with Crippen LogP contribution in [0.5, 0.6) is 0 Å². The molecule has 15 nitrogen and oxygen atoms in total. The van der Waals surface area contributed by atoms with E-state index in [1.807, 2.05) is 0 Å². The third kappa shape index (κ3) is 5.32. The maximum atomic E-state index is 12.9. The van der Waals surface area contributed by atoms with Crippen molar-refractivity contribution < 1.29 is 24.3 Å². The predicted molar refractivity (Wildman–Crippen MR) is 131 cm³/mol. The summed E-state index contributed by atoms with van der Waals surface area (Å²) in [5, 5.41) is 27.1. The fourth-order valence-electron chi connectivity index (χ4n) is 3.35. The number of β-lactam (4-membered cyclic amide) rings is 1. The lowest BCUT2D eigenvalue weighted by Gasteiger charge is -2.49. The SMILES string of the molecule is CO/N=C(\C(=O)NC1C(=O)N2C(C(=O)O)=C(CSc3nnnn3C)CS[C@H]12)c1cc(Cl)nc(N)n1.Cl. The number of nitrogen functional groups attached to an aromatic ring is 1. The molecule has 36 heavy (non-hydrogen) atoms. The first-order chi connectivity index (χ1) is 16.7. The maximum Gasteiger partial charge on any atom is 0.352 e. The third-order valence-corrected chi connectivity index (χ3v) is 7.48. The van der Waals surface area contributed by atoms with Gasteiger partial charge in [-0.05, 0) is 16.0 Å². The van der Waals surface area contributed by atoms with Gasteiger partial charge in [0, 0.05) is 24.6 Å². The molecule has 0 radical (unpaired) electrons. The second-order valence-electron chi connectivity index (χ2n) is 7.05. The van der Waals surface area contributed by atoms with Crippen LogP contribution in [0.4, 0.5) is 5.95 Å². The Bertz CT molecular complexity index is 1250. The highest BCUT2D eigenvalue weighted by molar-refractivity contribution is 8.01. The Balaban J connectivity index is 0.00000361. The van der Waals surface area contributed by atoms with Gasteiger partial charge in [-0.3, -0.25) is 14.5 Å². The number of rotatable bonds is 8. The van der Waals surface area contributed by atoms with E-state index in [2.05, 4.69) is 36.0 Å². The highest BCUT2D eigenvalue weighted by Crippen LogP contribution is 2.41. The average Bonchev–Trinajstić information content (AvgIpc) is 3.22. The standard InChI is InChI=1S/C17H17ClN10O5S2.ClH/c1-27-17(23-25-26-27)35-5-6-4-34-14-10(13(30)28(14)11(6)15(31)32)22-12(29)9(24-33-2)7-3-8(18)21-16(19)20-7;/h3,10,14H,4-5H2,1-2H3,(H,22,29)(H,31,32)(H2,19,20,21);1H/b24-9-;/t10?,14-;/m1./s1. The number of nitrogens with two attached hydrogens (primary N) is 1. The van der Waals surface area contributed by atoms with Crippen molar-refractivity contribution in [1.29, 1.82) is 0 Å². The summed E-state index contributed by atoms with van der Waals surface area (Å²) in [6, 6.07) is 0.275. The van der Waals surface area contributed by atoms with Gasteiger partial charge in [0.2, 0.25) is 11.1 Å². The van der Waals surface area contributed by atoms with E-state index >= 15 is 0 Å². The summed E-state index contributed by atoms with van der Waals surface area (Å²) in [4.78, 5) is 51.4. The van der Waals surface area contributed by atoms with E-state index < -0.39 is 29.2 Å². The molecule has 0 spiro atoms. The zero-order valence-corrected chi connectivity index (χ0v) is 21.7. The smallest absolute Gasteiger partial charge is 0.352 e. The summed E-state index contributed by atoms with van der Waals surface area (Å²) in [6.07, 6.45) is 0. The van der Waals surface area contributed by atoms with Crippen LogP contribution in [-0.2, 0) is 26.3 Å². The summed E-state index contributed by atoms with van der Waals surface area (Å²) in [5.41, 5.74) is 5.72. The van der Waals surface area contributed by atoms with Crippen LogP contribution in [0, 0.1) is 0 Å². The number of aliphatic carboxylic acids is 1. The maximum absolute atomic E-state index is 12.9. The van der Waals surface area contributed by atoms with Crippen molar-refractivity contribution >= 4 is 77.0 Å². The molecule has 4 heterocycles. The number of fused-ring (bicyclic) bond motifs is 1. The van der Waals surface area contributed by atoms with Crippen molar-refractivity contribution in [3.63, 3.8) is 0 Å². The molecule has 1 fully saturated rings. The number of halogens is 2. The van der Waals surface area contributed by atoms with Gasteiger partial charge in [-0.15, -0.1) is 29.3 Å². The zero-order valence-electron chi connectivity index (χ0n) is 18.5. The van der Waals surface area contributed by atoms with Gasteiger partial charge in [0.15, 0.2) is 5.71 Å². The van der Waals surface area contributed by atoms with Crippen LogP contribution in [0.2, 0.25) is 5.15 Å². The van der Waals surface area contributed by atoms with Crippen LogP contribution in [0.15, 0.2) is 27.6 Å². The Labute approximate surface area is 222 Å². The number of carboxylic acids is 1. The third-order valence-electron chi connectivity index (χ3n) is 4.85. The Morgan fingerprint density at radius 2 is 2.19 bits per heavy atom. The molecule has 2 aromatic rings. The van der Waals surface area contributed by atoms with Crippen molar-refractivity contribution in [2.45, 2.75) is 16.6 Å². The molecule has 0 aromatic carbocycles. The van der Waals surface area contributed by atoms with Crippen molar-refractivity contribution in [2.24, 2.45) is 12.2 Å². The average molecular weight is 577 g/mol. The number of thioether (sulfide) groups is 2. The molecule has 1 saturated heterocycles. The molecule has 2 amide bonds. The predicted octanol–water partition coefficient (Wildman–Crippen LogP) is -0.461. The highest BCUT2D eigenvalue weighted by atomic mass is 35.5. The van der Waals surface area contributed by atoms with E-state index in [1.54, 1.807) is 7.05 Å². The summed E-state index contributed by atoms with van der Waals surface area (Å²) >= 11 is 8.46. The number of carbonyl (C=O) groups is 3. The lowest BCUT2D eigenvalue weighted by atomic mass is 10.0. The topological polar surface area (TPSA) is 204 Å². The number of amides is 2. The monoisotopic (exact) mass is 576 g/mol. The molecule has 0 bridgehead atoms. The van der Waals surface area contributed by atoms with Gasteiger partial charge in [-0.1, -0.05) is 28.5 Å². The molecule has 2 aromatic heterocycles. The lowest BCUT2D eigenvalue weighted by molar-refractivity contribution is -0.150. The minimum absolute atomic E-state index is 0. The largest absolute Gasteiger partial charge is 0.477 e. The number of carboxylic acid groups (broad SMARTS) is 1. The minimum atomic E-state index is -1.24. The molecule has 2 aliphatic heterocycles. The second-order valence-corrected chi connectivity index (χ2v) is 9.48. The quantitative estimate of drug-likeness (QED) is 0.120. The number of aryl methyl sites for hydroxylation is 1. The molecule has 0 saturated carbocycles. The molecule has 4 rings (SSSR count). The molecular formula is C17H18Cl2N10O5S2. The van der Waals surface area contributed by atoms with Crippen LogP contribution >= 0.6 is 47.5 Å². The lowest BCUT2D eigenvalue weighted by Crippen LogP contribution is -2.71. The van der Waals surface area contributed by atoms with Crippen LogP contribution in [0.3, 0.4) is 0 Å². The van der Waals surface area contributed by atoms with Gasteiger partial charge in [-0.2, -0.15) is 0 Å². The van der Waals surface area contributed by atoms with E-state index in [0.717, 1.165) is 0 Å². The van der Waals surface area contributed by atoms with Crippen LogP contribution < -0.4 is 11.1 Å². The Morgan fingerprint density at radius 3 is 2.81 bits per heavy atom. The first-order valence-corrected chi connectivity index (χ1v) is 12.1. The Morgan fingerprint density at radius 1 is 1.44 bits per heavy atom. The van der Waals surface area contributed by atoms with Gasteiger partial charge in [0.05, 0.1) is 0 Å². The number of anilines is 1. The first kappa shape index (κ1) is 27.4. The fraction of sp³-hybridized carbons (Fsp3) is 0.353. The molecule has 4 N–H and O–H groups in total. The van der Waals surface area contributed by atoms with Gasteiger partial charge < -0.3 is 21.0 Å². The molecule has 2 aliphatic rings. The Hall–Kier alpha value is -3.15.